The van der Waals surface area contributed by atoms with Crippen molar-refractivity contribution in [3.05, 3.63) is 34.3 Å². The van der Waals surface area contributed by atoms with Gasteiger partial charge in [0, 0.05) is 21.5 Å². The van der Waals surface area contributed by atoms with E-state index < -0.39 is 0 Å². The van der Waals surface area contributed by atoms with Crippen molar-refractivity contribution >= 4 is 33.4 Å². The predicted octanol–water partition coefficient (Wildman–Crippen LogP) is 3.55. The van der Waals surface area contributed by atoms with E-state index in [-0.39, 0.29) is 11.4 Å². The summed E-state index contributed by atoms with van der Waals surface area (Å²) >= 11 is 9.27. The van der Waals surface area contributed by atoms with Crippen LogP contribution in [0, 0.1) is 6.92 Å². The fourth-order valence-corrected chi connectivity index (χ4v) is 1.71. The van der Waals surface area contributed by atoms with E-state index in [1.807, 2.05) is 32.9 Å². The third-order valence-electron chi connectivity index (χ3n) is 2.09. The molecule has 88 valence electrons. The van der Waals surface area contributed by atoms with Crippen molar-refractivity contribution in [2.45, 2.75) is 26.3 Å². The molecule has 1 amide bonds. The van der Waals surface area contributed by atoms with Crippen molar-refractivity contribution < 1.29 is 4.79 Å². The summed E-state index contributed by atoms with van der Waals surface area (Å²) in [5.41, 5.74) is 1.31. The lowest BCUT2D eigenvalue weighted by Gasteiger charge is -2.23. The summed E-state index contributed by atoms with van der Waals surface area (Å²) in [7, 11) is 0. The molecule has 1 aromatic rings. The Morgan fingerprint density at radius 1 is 1.44 bits per heavy atom. The van der Waals surface area contributed by atoms with Gasteiger partial charge >= 0.3 is 0 Å². The largest absolute Gasteiger partial charge is 0.346 e. The first kappa shape index (κ1) is 13.5. The minimum atomic E-state index is -0.271. The molecule has 4 heteroatoms. The molecule has 16 heavy (non-hydrogen) atoms. The highest BCUT2D eigenvalue weighted by Gasteiger charge is 2.19. The number of rotatable bonds is 3. The second kappa shape index (κ2) is 5.19. The molecule has 0 fully saturated rings. The van der Waals surface area contributed by atoms with Gasteiger partial charge in [0.25, 0.3) is 5.91 Å². The molecule has 0 aliphatic carbocycles. The molecule has 1 rings (SSSR count). The third kappa shape index (κ3) is 3.80. The van der Waals surface area contributed by atoms with Crippen molar-refractivity contribution in [1.82, 2.24) is 5.32 Å². The molecular formula is C12H15BrClNO. The number of aryl methyl sites for hydroxylation is 1. The van der Waals surface area contributed by atoms with Crippen molar-refractivity contribution in [3.8, 4) is 0 Å². The van der Waals surface area contributed by atoms with Crippen LogP contribution in [0.3, 0.4) is 0 Å². The van der Waals surface area contributed by atoms with Crippen LogP contribution in [-0.4, -0.2) is 16.8 Å². The Bertz CT molecular complexity index is 384. The maximum absolute atomic E-state index is 11.9. The van der Waals surface area contributed by atoms with E-state index in [9.17, 15) is 4.79 Å². The second-order valence-electron chi connectivity index (χ2n) is 4.49. The summed E-state index contributed by atoms with van der Waals surface area (Å²) in [4.78, 5) is 11.9. The topological polar surface area (TPSA) is 29.1 Å². The first-order chi connectivity index (χ1) is 7.34. The van der Waals surface area contributed by atoms with Crippen molar-refractivity contribution in [2.75, 3.05) is 5.33 Å². The monoisotopic (exact) mass is 303 g/mol. The maximum atomic E-state index is 11.9. The van der Waals surface area contributed by atoms with E-state index in [1.165, 1.54) is 0 Å². The van der Waals surface area contributed by atoms with E-state index in [2.05, 4.69) is 21.2 Å². The van der Waals surface area contributed by atoms with Gasteiger partial charge in [-0.25, -0.2) is 0 Å². The SMILES string of the molecule is Cc1cc(Cl)cc(C(=O)NC(C)(C)CBr)c1. The first-order valence-corrected chi connectivity index (χ1v) is 6.50. The zero-order chi connectivity index (χ0) is 12.3. The predicted molar refractivity (Wildman–Crippen MR) is 71.5 cm³/mol. The number of carbonyl (C=O) groups excluding carboxylic acids is 1. The van der Waals surface area contributed by atoms with Crippen LogP contribution >= 0.6 is 27.5 Å². The van der Waals surface area contributed by atoms with Gasteiger partial charge in [-0.15, -0.1) is 0 Å². The van der Waals surface area contributed by atoms with Crippen molar-refractivity contribution in [2.24, 2.45) is 0 Å². The van der Waals surface area contributed by atoms with Gasteiger partial charge in [0.05, 0.1) is 0 Å². The molecule has 1 aromatic carbocycles. The summed E-state index contributed by atoms with van der Waals surface area (Å²) in [6.45, 7) is 5.83. The van der Waals surface area contributed by atoms with Crippen LogP contribution in [0.15, 0.2) is 18.2 Å². The van der Waals surface area contributed by atoms with Crippen LogP contribution in [0.4, 0.5) is 0 Å². The smallest absolute Gasteiger partial charge is 0.251 e. The van der Waals surface area contributed by atoms with Gasteiger partial charge in [0.15, 0.2) is 0 Å². The molecule has 0 radical (unpaired) electrons. The van der Waals surface area contributed by atoms with E-state index in [0.29, 0.717) is 15.9 Å². The average Bonchev–Trinajstić information content (AvgIpc) is 2.15. The number of nitrogens with one attached hydrogen (secondary N) is 1. The summed E-state index contributed by atoms with van der Waals surface area (Å²) in [6, 6.07) is 5.33. The van der Waals surface area contributed by atoms with Gasteiger partial charge in [-0.3, -0.25) is 4.79 Å². The highest BCUT2D eigenvalue weighted by atomic mass is 79.9. The highest BCUT2D eigenvalue weighted by Crippen LogP contribution is 2.16. The van der Waals surface area contributed by atoms with Crippen molar-refractivity contribution in [1.29, 1.82) is 0 Å². The Hall–Kier alpha value is -0.540. The summed E-state index contributed by atoms with van der Waals surface area (Å²) in [6.07, 6.45) is 0. The standard InChI is InChI=1S/C12H15BrClNO/c1-8-4-9(6-10(14)5-8)11(16)15-12(2,3)7-13/h4-6H,7H2,1-3H3,(H,15,16). The summed E-state index contributed by atoms with van der Waals surface area (Å²) in [5.74, 6) is -0.102. The minimum Gasteiger partial charge on any atom is -0.346 e. The average molecular weight is 305 g/mol. The fraction of sp³-hybridized carbons (Fsp3) is 0.417. The van der Waals surface area contributed by atoms with Gasteiger partial charge in [-0.05, 0) is 44.5 Å². The second-order valence-corrected chi connectivity index (χ2v) is 5.49. The Morgan fingerprint density at radius 2 is 2.06 bits per heavy atom. The van der Waals surface area contributed by atoms with E-state index in [1.54, 1.807) is 6.07 Å². The molecule has 0 heterocycles. The normalized spacial score (nSPS) is 11.3. The summed E-state index contributed by atoms with van der Waals surface area (Å²) in [5, 5.41) is 4.22. The Morgan fingerprint density at radius 3 is 2.56 bits per heavy atom. The van der Waals surface area contributed by atoms with Crippen LogP contribution in [0.1, 0.15) is 29.8 Å². The molecule has 0 saturated heterocycles. The zero-order valence-electron chi connectivity index (χ0n) is 9.60. The zero-order valence-corrected chi connectivity index (χ0v) is 11.9. The number of hydrogen-bond donors (Lipinski definition) is 1. The molecular weight excluding hydrogens is 289 g/mol. The van der Waals surface area contributed by atoms with Crippen LogP contribution < -0.4 is 5.32 Å². The number of hydrogen-bond acceptors (Lipinski definition) is 1. The molecule has 2 nitrogen and oxygen atoms in total. The highest BCUT2D eigenvalue weighted by molar-refractivity contribution is 9.09. The molecule has 0 bridgehead atoms. The lowest BCUT2D eigenvalue weighted by atomic mass is 10.1. The van der Waals surface area contributed by atoms with Gasteiger partial charge in [-0.2, -0.15) is 0 Å². The number of alkyl halides is 1. The van der Waals surface area contributed by atoms with Gasteiger partial charge in [-0.1, -0.05) is 27.5 Å². The minimum absolute atomic E-state index is 0.102. The van der Waals surface area contributed by atoms with E-state index in [4.69, 9.17) is 11.6 Å². The van der Waals surface area contributed by atoms with E-state index >= 15 is 0 Å². The van der Waals surface area contributed by atoms with Crippen LogP contribution in [0.5, 0.6) is 0 Å². The number of halogens is 2. The molecule has 1 N–H and O–H groups in total. The number of carbonyl (C=O) groups is 1. The molecule has 0 atom stereocenters. The van der Waals surface area contributed by atoms with Gasteiger partial charge in [0.1, 0.15) is 0 Å². The number of benzene rings is 1. The van der Waals surface area contributed by atoms with E-state index in [0.717, 1.165) is 5.56 Å². The van der Waals surface area contributed by atoms with Gasteiger partial charge in [0.2, 0.25) is 0 Å². The van der Waals surface area contributed by atoms with Crippen molar-refractivity contribution in [3.63, 3.8) is 0 Å². The molecule has 0 unspecified atom stereocenters. The fourth-order valence-electron chi connectivity index (χ4n) is 1.28. The number of amides is 1. The Kier molecular flexibility index (Phi) is 4.39. The summed E-state index contributed by atoms with van der Waals surface area (Å²) < 4.78 is 0. The first-order valence-electron chi connectivity index (χ1n) is 5.00. The molecule has 0 aliphatic rings. The third-order valence-corrected chi connectivity index (χ3v) is 3.71. The molecule has 0 spiro atoms. The quantitative estimate of drug-likeness (QED) is 0.850. The van der Waals surface area contributed by atoms with Crippen LogP contribution in [-0.2, 0) is 0 Å². The molecule has 0 saturated carbocycles. The Balaban J connectivity index is 2.89. The molecule has 0 aliphatic heterocycles. The lowest BCUT2D eigenvalue weighted by molar-refractivity contribution is 0.0921. The molecule has 0 aromatic heterocycles. The van der Waals surface area contributed by atoms with Crippen LogP contribution in [0.25, 0.3) is 0 Å². The van der Waals surface area contributed by atoms with Gasteiger partial charge < -0.3 is 5.32 Å². The maximum Gasteiger partial charge on any atom is 0.251 e. The van der Waals surface area contributed by atoms with Crippen LogP contribution in [0.2, 0.25) is 5.02 Å². The lowest BCUT2D eigenvalue weighted by Crippen LogP contribution is -2.44. The Labute approximate surface area is 110 Å².